The van der Waals surface area contributed by atoms with E-state index in [0.717, 1.165) is 5.56 Å². The molecule has 1 N–H and O–H groups in total. The molecule has 2 atom stereocenters. The predicted octanol–water partition coefficient (Wildman–Crippen LogP) is 4.56. The summed E-state index contributed by atoms with van der Waals surface area (Å²) in [4.78, 5) is 28.6. The average molecular weight is 475 g/mol. The first-order chi connectivity index (χ1) is 17.1. The van der Waals surface area contributed by atoms with Gasteiger partial charge < -0.3 is 29.2 Å². The maximum Gasteiger partial charge on any atom is 0.231 e. The molecule has 180 valence electrons. The first-order valence-corrected chi connectivity index (χ1v) is 11.4. The number of amides is 2. The Hall–Kier alpha value is -4.20. The Morgan fingerprint density at radius 2 is 1.74 bits per heavy atom. The fourth-order valence-corrected chi connectivity index (χ4v) is 4.66. The lowest BCUT2D eigenvalue weighted by Crippen LogP contribution is -2.47. The highest BCUT2D eigenvalue weighted by molar-refractivity contribution is 6.01. The summed E-state index contributed by atoms with van der Waals surface area (Å²) in [6.07, 6.45) is 0.655. The van der Waals surface area contributed by atoms with Crippen LogP contribution in [0.4, 0.5) is 11.4 Å². The van der Waals surface area contributed by atoms with Crippen LogP contribution in [0, 0.1) is 5.92 Å². The van der Waals surface area contributed by atoms with Crippen molar-refractivity contribution < 1.29 is 28.5 Å². The number of nitrogens with zero attached hydrogens (tertiary/aromatic N) is 1. The van der Waals surface area contributed by atoms with Crippen molar-refractivity contribution in [2.45, 2.75) is 18.9 Å². The minimum absolute atomic E-state index is 0.0639. The molecular formula is C27H26N2O6. The van der Waals surface area contributed by atoms with Crippen LogP contribution in [0.3, 0.4) is 0 Å². The molecule has 2 heterocycles. The number of methoxy groups -OCH3 is 2. The van der Waals surface area contributed by atoms with E-state index in [1.807, 2.05) is 42.5 Å². The molecule has 0 unspecified atom stereocenters. The van der Waals surface area contributed by atoms with Gasteiger partial charge in [-0.3, -0.25) is 9.59 Å². The molecule has 2 amide bonds. The zero-order chi connectivity index (χ0) is 24.4. The molecule has 0 bridgehead atoms. The van der Waals surface area contributed by atoms with Crippen molar-refractivity contribution in [2.75, 3.05) is 31.2 Å². The van der Waals surface area contributed by atoms with E-state index in [-0.39, 0.29) is 25.0 Å². The van der Waals surface area contributed by atoms with E-state index in [4.69, 9.17) is 18.9 Å². The third-order valence-electron chi connectivity index (χ3n) is 6.39. The summed E-state index contributed by atoms with van der Waals surface area (Å²) >= 11 is 0. The number of nitrogens with one attached hydrogen (secondary N) is 1. The molecule has 0 aromatic heterocycles. The van der Waals surface area contributed by atoms with Crippen LogP contribution in [0.2, 0.25) is 0 Å². The zero-order valence-electron chi connectivity index (χ0n) is 19.5. The van der Waals surface area contributed by atoms with Crippen LogP contribution in [-0.4, -0.2) is 32.8 Å². The van der Waals surface area contributed by atoms with E-state index in [9.17, 15) is 9.59 Å². The second kappa shape index (κ2) is 9.58. The largest absolute Gasteiger partial charge is 0.497 e. The maximum absolute atomic E-state index is 13.6. The molecule has 8 heteroatoms. The van der Waals surface area contributed by atoms with Gasteiger partial charge in [-0.2, -0.15) is 0 Å². The van der Waals surface area contributed by atoms with Gasteiger partial charge in [-0.05, 0) is 48.4 Å². The lowest BCUT2D eigenvalue weighted by Gasteiger charge is -2.41. The molecule has 0 spiro atoms. The molecule has 8 nitrogen and oxygen atoms in total. The summed E-state index contributed by atoms with van der Waals surface area (Å²) in [7, 11) is 3.16. The third kappa shape index (κ3) is 4.35. The third-order valence-corrected chi connectivity index (χ3v) is 6.39. The molecule has 5 rings (SSSR count). The van der Waals surface area contributed by atoms with Crippen LogP contribution in [0.15, 0.2) is 66.7 Å². The number of rotatable bonds is 6. The standard InChI is InChI=1S/C27H26N2O6/c1-32-19-10-7-17(8-11-19)26-20(27(31)28-21-5-3-4-6-22(21)33-2)12-14-25(30)29(26)18-9-13-23-24(15-18)35-16-34-23/h3-11,13,15,20,26H,12,14,16H2,1-2H3,(H,28,31)/t20-,26-/m1/s1. The number of carbonyl (C=O) groups is 2. The number of ether oxygens (including phenoxy) is 4. The first kappa shape index (κ1) is 22.6. The van der Waals surface area contributed by atoms with Gasteiger partial charge in [0.05, 0.1) is 31.9 Å². The van der Waals surface area contributed by atoms with Gasteiger partial charge in [-0.1, -0.05) is 24.3 Å². The van der Waals surface area contributed by atoms with Crippen molar-refractivity contribution in [3.05, 3.63) is 72.3 Å². The van der Waals surface area contributed by atoms with Crippen LogP contribution in [0.5, 0.6) is 23.0 Å². The number of anilines is 2. The zero-order valence-corrected chi connectivity index (χ0v) is 19.5. The average Bonchev–Trinajstić information content (AvgIpc) is 3.37. The molecule has 0 saturated carbocycles. The second-order valence-corrected chi connectivity index (χ2v) is 8.35. The van der Waals surface area contributed by atoms with Crippen LogP contribution in [-0.2, 0) is 9.59 Å². The molecule has 2 aliphatic rings. The highest BCUT2D eigenvalue weighted by Gasteiger charge is 2.42. The fourth-order valence-electron chi connectivity index (χ4n) is 4.66. The fraction of sp³-hybridized carbons (Fsp3) is 0.259. The lowest BCUT2D eigenvalue weighted by atomic mass is 9.83. The lowest BCUT2D eigenvalue weighted by molar-refractivity contribution is -0.125. The van der Waals surface area contributed by atoms with Crippen molar-refractivity contribution in [3.63, 3.8) is 0 Å². The molecule has 2 aliphatic heterocycles. The Morgan fingerprint density at radius 3 is 2.51 bits per heavy atom. The number of benzene rings is 3. The van der Waals surface area contributed by atoms with Gasteiger partial charge in [0.1, 0.15) is 11.5 Å². The van der Waals surface area contributed by atoms with Crippen molar-refractivity contribution in [3.8, 4) is 23.0 Å². The van der Waals surface area contributed by atoms with Crippen molar-refractivity contribution in [1.29, 1.82) is 0 Å². The summed E-state index contributed by atoms with van der Waals surface area (Å²) in [5.74, 6) is 1.71. The van der Waals surface area contributed by atoms with E-state index in [1.165, 1.54) is 0 Å². The number of para-hydroxylation sites is 2. The highest BCUT2D eigenvalue weighted by atomic mass is 16.7. The Bertz CT molecular complexity index is 1240. The van der Waals surface area contributed by atoms with E-state index in [2.05, 4.69) is 5.32 Å². The van der Waals surface area contributed by atoms with E-state index >= 15 is 0 Å². The van der Waals surface area contributed by atoms with Gasteiger partial charge in [0.25, 0.3) is 0 Å². The molecule has 1 fully saturated rings. The van der Waals surface area contributed by atoms with E-state index in [1.54, 1.807) is 43.4 Å². The van der Waals surface area contributed by atoms with Crippen molar-refractivity contribution in [1.82, 2.24) is 0 Å². The maximum atomic E-state index is 13.6. The van der Waals surface area contributed by atoms with Crippen molar-refractivity contribution >= 4 is 23.2 Å². The number of piperidine rings is 1. The molecule has 1 saturated heterocycles. The number of fused-ring (bicyclic) bond motifs is 1. The molecule has 3 aromatic carbocycles. The van der Waals surface area contributed by atoms with Crippen LogP contribution < -0.4 is 29.2 Å². The minimum Gasteiger partial charge on any atom is -0.497 e. The summed E-state index contributed by atoms with van der Waals surface area (Å²) < 4.78 is 21.7. The Morgan fingerprint density at radius 1 is 0.971 bits per heavy atom. The quantitative estimate of drug-likeness (QED) is 0.564. The number of carbonyl (C=O) groups excluding carboxylic acids is 2. The van der Waals surface area contributed by atoms with E-state index < -0.39 is 12.0 Å². The summed E-state index contributed by atoms with van der Waals surface area (Å²) in [5, 5.41) is 3.01. The van der Waals surface area contributed by atoms with Crippen LogP contribution in [0.1, 0.15) is 24.4 Å². The summed E-state index contributed by atoms with van der Waals surface area (Å²) in [5.41, 5.74) is 2.06. The predicted molar refractivity (Wildman–Crippen MR) is 130 cm³/mol. The molecule has 35 heavy (non-hydrogen) atoms. The highest BCUT2D eigenvalue weighted by Crippen LogP contribution is 2.44. The summed E-state index contributed by atoms with van der Waals surface area (Å²) in [6.45, 7) is 0.137. The van der Waals surface area contributed by atoms with Gasteiger partial charge in [0.2, 0.25) is 18.6 Å². The Balaban J connectivity index is 1.54. The molecule has 0 radical (unpaired) electrons. The summed E-state index contributed by atoms with van der Waals surface area (Å²) in [6, 6.07) is 19.6. The normalized spacial score (nSPS) is 18.8. The van der Waals surface area contributed by atoms with Gasteiger partial charge in [0, 0.05) is 18.2 Å². The monoisotopic (exact) mass is 474 g/mol. The topological polar surface area (TPSA) is 86.3 Å². The van der Waals surface area contributed by atoms with Crippen molar-refractivity contribution in [2.24, 2.45) is 5.92 Å². The van der Waals surface area contributed by atoms with E-state index in [0.29, 0.717) is 40.8 Å². The van der Waals surface area contributed by atoms with Crippen LogP contribution in [0.25, 0.3) is 0 Å². The SMILES string of the molecule is COc1ccc([C@@H]2[C@H](C(=O)Nc3ccccc3OC)CCC(=O)N2c2ccc3c(c2)OCO3)cc1. The molecule has 0 aliphatic carbocycles. The van der Waals surface area contributed by atoms with Crippen LogP contribution >= 0.6 is 0 Å². The van der Waals surface area contributed by atoms with Gasteiger partial charge >= 0.3 is 0 Å². The molecule has 3 aromatic rings. The smallest absolute Gasteiger partial charge is 0.231 e. The van der Waals surface area contributed by atoms with Gasteiger partial charge in [0.15, 0.2) is 11.5 Å². The Labute approximate surface area is 203 Å². The minimum atomic E-state index is -0.530. The number of hydrogen-bond donors (Lipinski definition) is 1. The molecular weight excluding hydrogens is 448 g/mol. The van der Waals surface area contributed by atoms with Gasteiger partial charge in [-0.25, -0.2) is 0 Å². The first-order valence-electron chi connectivity index (χ1n) is 11.4. The Kier molecular flexibility index (Phi) is 6.18. The second-order valence-electron chi connectivity index (χ2n) is 8.35. The van der Waals surface area contributed by atoms with Gasteiger partial charge in [-0.15, -0.1) is 0 Å². The number of hydrogen-bond acceptors (Lipinski definition) is 6.